The second kappa shape index (κ2) is 7.60. The summed E-state index contributed by atoms with van der Waals surface area (Å²) in [4.78, 5) is 16.3. The fraction of sp³-hybridized carbons (Fsp3) is 0.118. The Hall–Kier alpha value is -2.60. The van der Waals surface area contributed by atoms with E-state index in [0.717, 1.165) is 5.75 Å². The van der Waals surface area contributed by atoms with Gasteiger partial charge in [0.25, 0.3) is 0 Å². The number of aromatic amines is 1. The van der Waals surface area contributed by atoms with Crippen LogP contribution in [0.4, 0.5) is 0 Å². The fourth-order valence-corrected chi connectivity index (χ4v) is 2.62. The number of rotatable bonds is 7. The van der Waals surface area contributed by atoms with Gasteiger partial charge < -0.3 is 4.74 Å². The molecule has 1 aromatic heterocycles. The first-order valence-electron chi connectivity index (χ1n) is 7.11. The molecule has 0 amide bonds. The minimum Gasteiger partial charge on any atom is -0.486 e. The lowest BCUT2D eigenvalue weighted by Gasteiger charge is -2.02. The van der Waals surface area contributed by atoms with Crippen LogP contribution in [0.3, 0.4) is 0 Å². The lowest BCUT2D eigenvalue weighted by molar-refractivity contribution is 0.102. The topological polar surface area (TPSA) is 67.9 Å². The van der Waals surface area contributed by atoms with E-state index in [1.807, 2.05) is 48.5 Å². The van der Waals surface area contributed by atoms with E-state index in [-0.39, 0.29) is 5.78 Å². The van der Waals surface area contributed by atoms with Gasteiger partial charge in [-0.15, -0.1) is 5.10 Å². The minimum absolute atomic E-state index is 0.0579. The van der Waals surface area contributed by atoms with Crippen LogP contribution >= 0.6 is 11.8 Å². The number of nitrogens with one attached hydrogen (secondary N) is 1. The molecular weight excluding hydrogens is 310 g/mol. The molecule has 2 aromatic carbocycles. The molecule has 0 spiro atoms. The number of carbonyl (C=O) groups is 1. The second-order valence-electron chi connectivity index (χ2n) is 4.74. The highest BCUT2D eigenvalue weighted by molar-refractivity contribution is 7.99. The predicted molar refractivity (Wildman–Crippen MR) is 88.7 cm³/mol. The van der Waals surface area contributed by atoms with Crippen LogP contribution in [-0.4, -0.2) is 26.7 Å². The summed E-state index contributed by atoms with van der Waals surface area (Å²) in [5.41, 5.74) is 0.697. The molecule has 0 unspecified atom stereocenters. The largest absolute Gasteiger partial charge is 0.486 e. The summed E-state index contributed by atoms with van der Waals surface area (Å²) in [6.45, 7) is 0.310. The first-order valence-corrected chi connectivity index (χ1v) is 8.10. The van der Waals surface area contributed by atoms with Gasteiger partial charge in [0.05, 0.1) is 5.75 Å². The third-order valence-electron chi connectivity index (χ3n) is 3.06. The van der Waals surface area contributed by atoms with Crippen LogP contribution in [0, 0.1) is 0 Å². The number of carbonyl (C=O) groups excluding carboxylic acids is 1. The molecule has 1 N–H and O–H groups in total. The van der Waals surface area contributed by atoms with Crippen molar-refractivity contribution in [2.45, 2.75) is 11.8 Å². The lowest BCUT2D eigenvalue weighted by Crippen LogP contribution is -2.02. The molecule has 0 fully saturated rings. The predicted octanol–water partition coefficient (Wildman–Crippen LogP) is 3.36. The summed E-state index contributed by atoms with van der Waals surface area (Å²) >= 11 is 1.31. The quantitative estimate of drug-likeness (QED) is 0.533. The molecule has 0 saturated carbocycles. The molecule has 116 valence electrons. The first-order chi connectivity index (χ1) is 11.3. The van der Waals surface area contributed by atoms with E-state index in [1.54, 1.807) is 12.1 Å². The molecule has 0 aliphatic rings. The third kappa shape index (κ3) is 4.43. The summed E-state index contributed by atoms with van der Waals surface area (Å²) in [6.07, 6.45) is 0. The van der Waals surface area contributed by atoms with Gasteiger partial charge in [-0.2, -0.15) is 0 Å². The highest BCUT2D eigenvalue weighted by Crippen LogP contribution is 2.16. The Morgan fingerprint density at radius 3 is 2.48 bits per heavy atom. The molecule has 5 nitrogen and oxygen atoms in total. The molecule has 3 aromatic rings. The van der Waals surface area contributed by atoms with Crippen molar-refractivity contribution in [3.05, 3.63) is 72.1 Å². The Kier molecular flexibility index (Phi) is 5.06. The Balaban J connectivity index is 1.50. The second-order valence-corrected chi connectivity index (χ2v) is 5.69. The van der Waals surface area contributed by atoms with Crippen LogP contribution in [0.2, 0.25) is 0 Å². The number of thioether (sulfide) groups is 1. The highest BCUT2D eigenvalue weighted by Gasteiger charge is 2.09. The van der Waals surface area contributed by atoms with Crippen LogP contribution in [0.15, 0.2) is 65.8 Å². The first kappa shape index (κ1) is 15.3. The van der Waals surface area contributed by atoms with Crippen molar-refractivity contribution >= 4 is 17.5 Å². The molecule has 0 atom stereocenters. The van der Waals surface area contributed by atoms with Gasteiger partial charge in [-0.05, 0) is 12.1 Å². The minimum atomic E-state index is 0.0579. The normalized spacial score (nSPS) is 10.4. The molecule has 0 aliphatic heterocycles. The Labute approximate surface area is 138 Å². The summed E-state index contributed by atoms with van der Waals surface area (Å²) in [5.74, 6) is 1.77. The van der Waals surface area contributed by atoms with E-state index in [0.29, 0.717) is 28.9 Å². The molecule has 0 bridgehead atoms. The van der Waals surface area contributed by atoms with Gasteiger partial charge >= 0.3 is 0 Å². The van der Waals surface area contributed by atoms with E-state index in [4.69, 9.17) is 4.74 Å². The molecule has 1 heterocycles. The van der Waals surface area contributed by atoms with Crippen LogP contribution in [0.1, 0.15) is 16.2 Å². The molecule has 0 radical (unpaired) electrons. The van der Waals surface area contributed by atoms with Crippen LogP contribution in [-0.2, 0) is 6.61 Å². The lowest BCUT2D eigenvalue weighted by atomic mass is 10.2. The summed E-state index contributed by atoms with van der Waals surface area (Å²) in [6, 6.07) is 18.7. The summed E-state index contributed by atoms with van der Waals surface area (Å²) in [5, 5.41) is 7.45. The molecule has 0 aliphatic carbocycles. The van der Waals surface area contributed by atoms with Gasteiger partial charge in [-0.3, -0.25) is 9.89 Å². The molecular formula is C17H15N3O2S. The van der Waals surface area contributed by atoms with Gasteiger partial charge in [-0.1, -0.05) is 60.3 Å². The maximum atomic E-state index is 12.0. The van der Waals surface area contributed by atoms with Crippen molar-refractivity contribution in [1.29, 1.82) is 0 Å². The van der Waals surface area contributed by atoms with Crippen molar-refractivity contribution < 1.29 is 9.53 Å². The Bertz CT molecular complexity index is 760. The number of hydrogen-bond acceptors (Lipinski definition) is 5. The number of aromatic nitrogens is 3. The maximum Gasteiger partial charge on any atom is 0.208 e. The maximum absolute atomic E-state index is 12.0. The van der Waals surface area contributed by atoms with Gasteiger partial charge in [-0.25, -0.2) is 4.98 Å². The smallest absolute Gasteiger partial charge is 0.208 e. The van der Waals surface area contributed by atoms with Gasteiger partial charge in [0, 0.05) is 5.56 Å². The number of benzene rings is 2. The van der Waals surface area contributed by atoms with Gasteiger partial charge in [0.15, 0.2) is 11.6 Å². The number of hydrogen-bond donors (Lipinski definition) is 1. The van der Waals surface area contributed by atoms with Crippen LogP contribution in [0.25, 0.3) is 0 Å². The van der Waals surface area contributed by atoms with Crippen molar-refractivity contribution in [1.82, 2.24) is 15.2 Å². The average Bonchev–Trinajstić information content (AvgIpc) is 3.07. The monoisotopic (exact) mass is 325 g/mol. The fourth-order valence-electron chi connectivity index (χ4n) is 1.91. The molecule has 0 saturated heterocycles. The molecule has 23 heavy (non-hydrogen) atoms. The van der Waals surface area contributed by atoms with Crippen LogP contribution in [0.5, 0.6) is 5.75 Å². The van der Waals surface area contributed by atoms with Crippen LogP contribution < -0.4 is 4.74 Å². The standard InChI is InChI=1S/C17H15N3O2S/c21-15(13-7-3-1-4-8-13)12-23-17-18-16(19-20-17)11-22-14-9-5-2-6-10-14/h1-10H,11-12H2,(H,18,19,20). The molecule has 3 rings (SSSR count). The zero-order valence-electron chi connectivity index (χ0n) is 12.3. The van der Waals surface area contributed by atoms with Gasteiger partial charge in [0.2, 0.25) is 5.16 Å². The van der Waals surface area contributed by atoms with E-state index in [9.17, 15) is 4.79 Å². The SMILES string of the molecule is O=C(CSc1n[nH]c(COc2ccccc2)n1)c1ccccc1. The van der Waals surface area contributed by atoms with Crippen molar-refractivity contribution in [2.75, 3.05) is 5.75 Å². The Morgan fingerprint density at radius 2 is 1.74 bits per heavy atom. The average molecular weight is 325 g/mol. The number of ketones is 1. The van der Waals surface area contributed by atoms with E-state index < -0.39 is 0 Å². The number of para-hydroxylation sites is 1. The number of Topliss-reactive ketones (excluding diaryl/α,β-unsaturated/α-hetero) is 1. The molecule has 6 heteroatoms. The van der Waals surface area contributed by atoms with E-state index in [1.165, 1.54) is 11.8 Å². The van der Waals surface area contributed by atoms with E-state index in [2.05, 4.69) is 15.2 Å². The zero-order chi connectivity index (χ0) is 15.9. The summed E-state index contributed by atoms with van der Waals surface area (Å²) in [7, 11) is 0. The zero-order valence-corrected chi connectivity index (χ0v) is 13.1. The number of ether oxygens (including phenoxy) is 1. The van der Waals surface area contributed by atoms with Crippen molar-refractivity contribution in [3.8, 4) is 5.75 Å². The number of nitrogens with zero attached hydrogens (tertiary/aromatic N) is 2. The number of H-pyrrole nitrogens is 1. The van der Waals surface area contributed by atoms with E-state index >= 15 is 0 Å². The third-order valence-corrected chi connectivity index (χ3v) is 3.91. The van der Waals surface area contributed by atoms with Crippen molar-refractivity contribution in [2.24, 2.45) is 0 Å². The Morgan fingerprint density at radius 1 is 1.04 bits per heavy atom. The van der Waals surface area contributed by atoms with Crippen molar-refractivity contribution in [3.63, 3.8) is 0 Å². The van der Waals surface area contributed by atoms with Gasteiger partial charge in [0.1, 0.15) is 12.4 Å². The highest BCUT2D eigenvalue weighted by atomic mass is 32.2. The summed E-state index contributed by atoms with van der Waals surface area (Å²) < 4.78 is 5.59.